The Morgan fingerprint density at radius 3 is 2.68 bits per heavy atom. The third-order valence-electron chi connectivity index (χ3n) is 7.91. The van der Waals surface area contributed by atoms with Crippen LogP contribution in [0.4, 0.5) is 0 Å². The van der Waals surface area contributed by atoms with Crippen molar-refractivity contribution in [3.05, 3.63) is 12.2 Å². The Bertz CT molecular complexity index is 395. The van der Waals surface area contributed by atoms with Gasteiger partial charge in [-0.25, -0.2) is 0 Å². The molecule has 0 heteroatoms. The average molecular weight is 258 g/mol. The molecule has 0 heterocycles. The van der Waals surface area contributed by atoms with Gasteiger partial charge in [-0.15, -0.1) is 0 Å². The summed E-state index contributed by atoms with van der Waals surface area (Å²) in [5.74, 6) is 4.17. The summed E-state index contributed by atoms with van der Waals surface area (Å²) < 4.78 is 0. The fraction of sp³-hybridized carbons (Fsp3) is 0.895. The number of allylic oxidation sites excluding steroid dienone is 2. The first kappa shape index (κ1) is 12.5. The Morgan fingerprint density at radius 1 is 0.895 bits per heavy atom. The Labute approximate surface area is 119 Å². The van der Waals surface area contributed by atoms with Crippen LogP contribution in [0.3, 0.4) is 0 Å². The number of hydrogen-bond donors (Lipinski definition) is 0. The monoisotopic (exact) mass is 258 g/mol. The molecule has 0 N–H and O–H groups in total. The van der Waals surface area contributed by atoms with Crippen molar-refractivity contribution in [2.45, 2.75) is 71.6 Å². The van der Waals surface area contributed by atoms with Gasteiger partial charge in [0.1, 0.15) is 0 Å². The zero-order chi connectivity index (χ0) is 13.1. The topological polar surface area (TPSA) is 0 Å². The molecule has 0 spiro atoms. The standard InChI is InChI=1S/C19H30/c1-18-11-5-7-16(18)15-9-8-14-6-3-4-12-19(14,2)17(15)10-13-18/h5,11,14-17H,3-4,6-10,12-13H2,1-2H3/t14-,15+,16-,17+,18+,19+/m1/s1. The second kappa shape index (κ2) is 4.12. The highest BCUT2D eigenvalue weighted by Crippen LogP contribution is 2.64. The van der Waals surface area contributed by atoms with Gasteiger partial charge >= 0.3 is 0 Å². The van der Waals surface area contributed by atoms with Crippen molar-refractivity contribution in [1.82, 2.24) is 0 Å². The molecule has 0 unspecified atom stereocenters. The molecule has 0 aromatic carbocycles. The van der Waals surface area contributed by atoms with Crippen molar-refractivity contribution in [2.24, 2.45) is 34.5 Å². The van der Waals surface area contributed by atoms with E-state index in [-0.39, 0.29) is 0 Å². The quantitative estimate of drug-likeness (QED) is 0.497. The maximum Gasteiger partial charge on any atom is -0.0112 e. The van der Waals surface area contributed by atoms with Crippen molar-refractivity contribution >= 4 is 0 Å². The summed E-state index contributed by atoms with van der Waals surface area (Å²) in [7, 11) is 0. The molecule has 0 amide bonds. The summed E-state index contributed by atoms with van der Waals surface area (Å²) >= 11 is 0. The Balaban J connectivity index is 1.65. The molecular formula is C19H30. The van der Waals surface area contributed by atoms with Crippen molar-refractivity contribution < 1.29 is 0 Å². The third-order valence-corrected chi connectivity index (χ3v) is 7.91. The molecule has 3 fully saturated rings. The lowest BCUT2D eigenvalue weighted by atomic mass is 9.45. The van der Waals surface area contributed by atoms with Crippen LogP contribution < -0.4 is 0 Å². The van der Waals surface area contributed by atoms with Gasteiger partial charge in [0.2, 0.25) is 0 Å². The van der Waals surface area contributed by atoms with Crippen molar-refractivity contribution in [1.29, 1.82) is 0 Å². The lowest BCUT2D eigenvalue weighted by Gasteiger charge is -2.59. The maximum absolute atomic E-state index is 2.68. The van der Waals surface area contributed by atoms with Gasteiger partial charge in [-0.05, 0) is 79.4 Å². The Hall–Kier alpha value is -0.260. The third kappa shape index (κ3) is 1.64. The summed E-state index contributed by atoms with van der Waals surface area (Å²) in [5.41, 5.74) is 1.28. The van der Waals surface area contributed by atoms with Gasteiger partial charge in [0.25, 0.3) is 0 Å². The molecule has 0 aromatic rings. The second-order valence-corrected chi connectivity index (χ2v) is 8.59. The molecule has 6 atom stereocenters. The average Bonchev–Trinajstić information content (AvgIpc) is 2.79. The molecule has 0 aromatic heterocycles. The van der Waals surface area contributed by atoms with Crippen LogP contribution in [0.15, 0.2) is 12.2 Å². The van der Waals surface area contributed by atoms with Gasteiger partial charge in [-0.3, -0.25) is 0 Å². The van der Waals surface area contributed by atoms with E-state index in [0.717, 1.165) is 23.7 Å². The SMILES string of the molecule is C[C@]12CCCC[C@@H]1CC[C@H]1[C@H]3CC=C[C@@]3(C)CC[C@@H]12. The van der Waals surface area contributed by atoms with E-state index in [1.807, 2.05) is 0 Å². The summed E-state index contributed by atoms with van der Waals surface area (Å²) in [6, 6.07) is 0. The first-order valence-electron chi connectivity index (χ1n) is 8.81. The molecule has 19 heavy (non-hydrogen) atoms. The van der Waals surface area contributed by atoms with E-state index in [0.29, 0.717) is 10.8 Å². The highest BCUT2D eigenvalue weighted by Gasteiger charge is 2.56. The minimum Gasteiger partial charge on any atom is -0.0877 e. The molecule has 0 nitrogen and oxygen atoms in total. The number of rotatable bonds is 0. The van der Waals surface area contributed by atoms with Gasteiger partial charge in [-0.2, -0.15) is 0 Å². The molecule has 0 aliphatic heterocycles. The van der Waals surface area contributed by atoms with Gasteiger partial charge in [0.05, 0.1) is 0 Å². The van der Waals surface area contributed by atoms with Gasteiger partial charge in [-0.1, -0.05) is 38.8 Å². The van der Waals surface area contributed by atoms with Crippen LogP contribution in [-0.2, 0) is 0 Å². The summed E-state index contributed by atoms with van der Waals surface area (Å²) in [6.45, 7) is 5.23. The molecular weight excluding hydrogens is 228 g/mol. The first-order valence-corrected chi connectivity index (χ1v) is 8.81. The minimum absolute atomic E-state index is 0.568. The van der Waals surface area contributed by atoms with Crippen molar-refractivity contribution in [3.8, 4) is 0 Å². The van der Waals surface area contributed by atoms with E-state index in [2.05, 4.69) is 26.0 Å². The normalized spacial score (nSPS) is 56.3. The fourth-order valence-electron chi connectivity index (χ4n) is 6.78. The smallest absolute Gasteiger partial charge is 0.0112 e. The van der Waals surface area contributed by atoms with Gasteiger partial charge in [0.15, 0.2) is 0 Å². The maximum atomic E-state index is 2.68. The molecule has 4 aliphatic carbocycles. The van der Waals surface area contributed by atoms with E-state index in [4.69, 9.17) is 0 Å². The predicted molar refractivity (Wildman–Crippen MR) is 80.9 cm³/mol. The van der Waals surface area contributed by atoms with E-state index in [9.17, 15) is 0 Å². The lowest BCUT2D eigenvalue weighted by molar-refractivity contribution is -0.0969. The minimum atomic E-state index is 0.568. The van der Waals surface area contributed by atoms with Crippen LogP contribution >= 0.6 is 0 Å². The largest absolute Gasteiger partial charge is 0.0877 e. The summed E-state index contributed by atoms with van der Waals surface area (Å²) in [4.78, 5) is 0. The van der Waals surface area contributed by atoms with Crippen LogP contribution in [0.5, 0.6) is 0 Å². The Morgan fingerprint density at radius 2 is 1.79 bits per heavy atom. The second-order valence-electron chi connectivity index (χ2n) is 8.59. The van der Waals surface area contributed by atoms with Crippen LogP contribution in [0, 0.1) is 34.5 Å². The van der Waals surface area contributed by atoms with Crippen molar-refractivity contribution in [3.63, 3.8) is 0 Å². The summed E-state index contributed by atoms with van der Waals surface area (Å²) in [6.07, 6.45) is 18.7. The summed E-state index contributed by atoms with van der Waals surface area (Å²) in [5, 5.41) is 0. The lowest BCUT2D eigenvalue weighted by Crippen LogP contribution is -2.51. The van der Waals surface area contributed by atoms with E-state index in [1.54, 1.807) is 19.3 Å². The molecule has 3 saturated carbocycles. The van der Waals surface area contributed by atoms with E-state index < -0.39 is 0 Å². The van der Waals surface area contributed by atoms with Gasteiger partial charge < -0.3 is 0 Å². The highest BCUT2D eigenvalue weighted by molar-refractivity contribution is 5.16. The molecule has 4 aliphatic rings. The van der Waals surface area contributed by atoms with Crippen LogP contribution in [0.25, 0.3) is 0 Å². The van der Waals surface area contributed by atoms with E-state index >= 15 is 0 Å². The Kier molecular flexibility index (Phi) is 2.71. The van der Waals surface area contributed by atoms with E-state index in [1.165, 1.54) is 38.5 Å². The van der Waals surface area contributed by atoms with Crippen molar-refractivity contribution in [2.75, 3.05) is 0 Å². The molecule has 4 rings (SSSR count). The van der Waals surface area contributed by atoms with Gasteiger partial charge in [0, 0.05) is 0 Å². The zero-order valence-corrected chi connectivity index (χ0v) is 12.8. The molecule has 106 valence electrons. The highest BCUT2D eigenvalue weighted by atomic mass is 14.6. The van der Waals surface area contributed by atoms with Crippen LogP contribution in [-0.4, -0.2) is 0 Å². The fourth-order valence-corrected chi connectivity index (χ4v) is 6.78. The van der Waals surface area contributed by atoms with Crippen LogP contribution in [0.2, 0.25) is 0 Å². The zero-order valence-electron chi connectivity index (χ0n) is 12.8. The number of fused-ring (bicyclic) bond motifs is 5. The number of hydrogen-bond acceptors (Lipinski definition) is 0. The molecule has 0 radical (unpaired) electrons. The molecule has 0 bridgehead atoms. The predicted octanol–water partition coefficient (Wildman–Crippen LogP) is 5.59. The first-order chi connectivity index (χ1) is 9.13. The molecule has 0 saturated heterocycles. The van der Waals surface area contributed by atoms with Crippen LogP contribution in [0.1, 0.15) is 71.6 Å².